The molecule has 0 aliphatic carbocycles. The lowest BCUT2D eigenvalue weighted by Crippen LogP contribution is -2.46. The van der Waals surface area contributed by atoms with Crippen molar-refractivity contribution in [3.63, 3.8) is 0 Å². The largest absolute Gasteiger partial charge is 0.360 e. The number of hydrogen-bond acceptors (Lipinski definition) is 6. The van der Waals surface area contributed by atoms with Crippen LogP contribution >= 0.6 is 0 Å². The predicted octanol–water partition coefficient (Wildman–Crippen LogP) is 0.370. The number of rotatable bonds is 6. The fraction of sp³-hybridized carbons (Fsp3) is 0.733. The van der Waals surface area contributed by atoms with Crippen LogP contribution in [0.2, 0.25) is 0 Å². The number of amides is 1. The van der Waals surface area contributed by atoms with E-state index in [1.807, 2.05) is 19.0 Å². The summed E-state index contributed by atoms with van der Waals surface area (Å²) in [5.74, 6) is -0.128. The van der Waals surface area contributed by atoms with E-state index >= 15 is 0 Å². The average molecular weight is 358 g/mol. The molecule has 1 aliphatic heterocycles. The molecular weight excluding hydrogens is 332 g/mol. The van der Waals surface area contributed by atoms with Crippen molar-refractivity contribution in [3.05, 3.63) is 11.5 Å². The molecule has 0 aromatic carbocycles. The third-order valence-electron chi connectivity index (χ3n) is 4.18. The number of piperidine rings is 1. The summed E-state index contributed by atoms with van der Waals surface area (Å²) in [6, 6.07) is 0. The molecule has 136 valence electrons. The van der Waals surface area contributed by atoms with E-state index in [2.05, 4.69) is 10.5 Å². The van der Waals surface area contributed by atoms with Crippen molar-refractivity contribution >= 4 is 15.9 Å². The summed E-state index contributed by atoms with van der Waals surface area (Å²) in [4.78, 5) is 14.4. The lowest BCUT2D eigenvalue weighted by Gasteiger charge is -2.31. The number of likely N-dealkylation sites (N-methyl/N-ethyl adjacent to an activating group) is 1. The number of aryl methyl sites for hydroxylation is 2. The molecule has 0 saturated carbocycles. The highest BCUT2D eigenvalue weighted by molar-refractivity contribution is 7.89. The quantitative estimate of drug-likeness (QED) is 0.789. The molecule has 0 unspecified atom stereocenters. The number of hydrogen-bond donors (Lipinski definition) is 1. The first-order valence-electron chi connectivity index (χ1n) is 8.09. The Morgan fingerprint density at radius 2 is 2.12 bits per heavy atom. The van der Waals surface area contributed by atoms with Crippen LogP contribution in [0.4, 0.5) is 0 Å². The zero-order chi connectivity index (χ0) is 17.9. The highest BCUT2D eigenvalue weighted by atomic mass is 32.2. The summed E-state index contributed by atoms with van der Waals surface area (Å²) < 4.78 is 32.1. The number of sulfonamides is 1. The summed E-state index contributed by atoms with van der Waals surface area (Å²) >= 11 is 0. The van der Waals surface area contributed by atoms with Gasteiger partial charge in [0.1, 0.15) is 10.6 Å². The fourth-order valence-corrected chi connectivity index (χ4v) is 4.71. The predicted molar refractivity (Wildman–Crippen MR) is 89.0 cm³/mol. The number of carbonyl (C=O) groups is 1. The minimum Gasteiger partial charge on any atom is -0.360 e. The van der Waals surface area contributed by atoms with E-state index in [0.29, 0.717) is 31.6 Å². The Morgan fingerprint density at radius 1 is 1.42 bits per heavy atom. The third-order valence-corrected chi connectivity index (χ3v) is 6.29. The smallest absolute Gasteiger partial charge is 0.248 e. The summed E-state index contributed by atoms with van der Waals surface area (Å²) in [5.41, 5.74) is 0.352. The highest BCUT2D eigenvalue weighted by Crippen LogP contribution is 2.27. The molecule has 1 amide bonds. The molecule has 8 nitrogen and oxygen atoms in total. The maximum absolute atomic E-state index is 12.8. The van der Waals surface area contributed by atoms with Gasteiger partial charge in [0, 0.05) is 26.2 Å². The van der Waals surface area contributed by atoms with Gasteiger partial charge >= 0.3 is 0 Å². The van der Waals surface area contributed by atoms with Crippen LogP contribution in [0.5, 0.6) is 0 Å². The summed E-state index contributed by atoms with van der Waals surface area (Å²) in [6.07, 6.45) is 1.36. The van der Waals surface area contributed by atoms with Gasteiger partial charge in [0.05, 0.1) is 5.92 Å². The van der Waals surface area contributed by atoms with E-state index in [1.54, 1.807) is 13.8 Å². The molecule has 0 bridgehead atoms. The van der Waals surface area contributed by atoms with Crippen molar-refractivity contribution in [2.75, 3.05) is 40.3 Å². The van der Waals surface area contributed by atoms with Gasteiger partial charge < -0.3 is 14.7 Å². The Balaban J connectivity index is 2.06. The van der Waals surface area contributed by atoms with Crippen molar-refractivity contribution in [2.45, 2.75) is 31.6 Å². The molecule has 9 heteroatoms. The molecule has 1 aromatic rings. The number of nitrogens with one attached hydrogen (secondary N) is 1. The van der Waals surface area contributed by atoms with Gasteiger partial charge in [-0.3, -0.25) is 4.79 Å². The lowest BCUT2D eigenvalue weighted by molar-refractivity contribution is -0.126. The number of nitrogens with zero attached hydrogens (tertiary/aromatic N) is 3. The molecule has 1 atom stereocenters. The van der Waals surface area contributed by atoms with Crippen molar-refractivity contribution in [1.29, 1.82) is 0 Å². The second kappa shape index (κ2) is 7.62. The zero-order valence-corrected chi connectivity index (χ0v) is 15.5. The SMILES string of the molecule is Cc1noc(C)c1S(=O)(=O)N1CCC[C@@H](C(=O)NCCN(C)C)C1. The minimum atomic E-state index is -3.69. The van der Waals surface area contributed by atoms with E-state index in [9.17, 15) is 13.2 Å². The Morgan fingerprint density at radius 3 is 2.71 bits per heavy atom. The van der Waals surface area contributed by atoms with E-state index in [4.69, 9.17) is 4.52 Å². The Labute approximate surface area is 143 Å². The average Bonchev–Trinajstić information content (AvgIpc) is 2.86. The van der Waals surface area contributed by atoms with Crippen LogP contribution in [-0.2, 0) is 14.8 Å². The number of aromatic nitrogens is 1. The van der Waals surface area contributed by atoms with Gasteiger partial charge in [-0.05, 0) is 40.8 Å². The summed E-state index contributed by atoms with van der Waals surface area (Å²) in [6.45, 7) is 5.10. The standard InChI is InChI=1S/C15H26N4O4S/c1-11-14(12(2)23-17-11)24(21,22)19-8-5-6-13(10-19)15(20)16-7-9-18(3)4/h13H,5-10H2,1-4H3,(H,16,20)/t13-/m1/s1. The molecule has 1 aliphatic rings. The first-order valence-corrected chi connectivity index (χ1v) is 9.53. The molecule has 24 heavy (non-hydrogen) atoms. The van der Waals surface area contributed by atoms with Gasteiger partial charge in [-0.1, -0.05) is 5.16 Å². The van der Waals surface area contributed by atoms with Crippen molar-refractivity contribution < 1.29 is 17.7 Å². The Kier molecular flexibility index (Phi) is 6.00. The molecule has 2 rings (SSSR count). The first kappa shape index (κ1) is 18.9. The van der Waals surface area contributed by atoms with Gasteiger partial charge in [0.15, 0.2) is 5.76 Å². The minimum absolute atomic E-state index is 0.0875. The molecular formula is C15H26N4O4S. The summed E-state index contributed by atoms with van der Waals surface area (Å²) in [7, 11) is 0.179. The van der Waals surface area contributed by atoms with Gasteiger partial charge in [-0.2, -0.15) is 4.31 Å². The molecule has 1 N–H and O–H groups in total. The summed E-state index contributed by atoms with van der Waals surface area (Å²) in [5, 5.41) is 6.60. The van der Waals surface area contributed by atoms with Crippen LogP contribution in [0.3, 0.4) is 0 Å². The molecule has 1 fully saturated rings. The van der Waals surface area contributed by atoms with Crippen LogP contribution in [0.25, 0.3) is 0 Å². The normalized spacial score (nSPS) is 19.6. The van der Waals surface area contributed by atoms with Crippen LogP contribution in [-0.4, -0.2) is 69.0 Å². The Bertz CT molecular complexity index is 664. The Hall–Kier alpha value is -1.45. The van der Waals surface area contributed by atoms with Crippen LogP contribution in [0.1, 0.15) is 24.3 Å². The van der Waals surface area contributed by atoms with Crippen LogP contribution in [0, 0.1) is 19.8 Å². The maximum Gasteiger partial charge on any atom is 0.248 e. The molecule has 0 radical (unpaired) electrons. The molecule has 1 aromatic heterocycles. The van der Waals surface area contributed by atoms with Crippen LogP contribution in [0.15, 0.2) is 9.42 Å². The number of carbonyl (C=O) groups excluding carboxylic acids is 1. The van der Waals surface area contributed by atoms with Gasteiger partial charge in [0.2, 0.25) is 15.9 Å². The van der Waals surface area contributed by atoms with E-state index in [-0.39, 0.29) is 29.0 Å². The van der Waals surface area contributed by atoms with Crippen molar-refractivity contribution in [3.8, 4) is 0 Å². The molecule has 1 saturated heterocycles. The maximum atomic E-state index is 12.8. The van der Waals surface area contributed by atoms with Crippen LogP contribution < -0.4 is 5.32 Å². The monoisotopic (exact) mass is 358 g/mol. The first-order chi connectivity index (χ1) is 11.2. The third kappa shape index (κ3) is 4.14. The van der Waals surface area contributed by atoms with Gasteiger partial charge in [-0.25, -0.2) is 8.42 Å². The van der Waals surface area contributed by atoms with Crippen molar-refractivity contribution in [1.82, 2.24) is 19.7 Å². The van der Waals surface area contributed by atoms with Crippen molar-refractivity contribution in [2.24, 2.45) is 5.92 Å². The zero-order valence-electron chi connectivity index (χ0n) is 14.7. The lowest BCUT2D eigenvalue weighted by atomic mass is 9.99. The topological polar surface area (TPSA) is 95.8 Å². The molecule has 0 spiro atoms. The van der Waals surface area contributed by atoms with Gasteiger partial charge in [0.25, 0.3) is 0 Å². The second-order valence-electron chi connectivity index (χ2n) is 6.45. The highest BCUT2D eigenvalue weighted by Gasteiger charge is 2.36. The second-order valence-corrected chi connectivity index (χ2v) is 8.32. The van der Waals surface area contributed by atoms with Gasteiger partial charge in [-0.15, -0.1) is 0 Å². The van der Waals surface area contributed by atoms with E-state index in [0.717, 1.165) is 6.54 Å². The fourth-order valence-electron chi connectivity index (χ4n) is 2.89. The molecule has 2 heterocycles. The van der Waals surface area contributed by atoms with E-state index in [1.165, 1.54) is 4.31 Å². The van der Waals surface area contributed by atoms with E-state index < -0.39 is 10.0 Å².